The van der Waals surface area contributed by atoms with E-state index in [2.05, 4.69) is 23.8 Å². The van der Waals surface area contributed by atoms with Crippen molar-refractivity contribution in [2.45, 2.75) is 51.1 Å². The number of rotatable bonds is 5. The maximum absolute atomic E-state index is 12.2. The molecule has 1 amide bonds. The third kappa shape index (κ3) is 4.66. The quantitative estimate of drug-likeness (QED) is 0.813. The Labute approximate surface area is 129 Å². The highest BCUT2D eigenvalue weighted by molar-refractivity contribution is 5.81. The van der Waals surface area contributed by atoms with Crippen LogP contribution in [0, 0.1) is 0 Å². The van der Waals surface area contributed by atoms with E-state index in [1.54, 1.807) is 0 Å². The number of piperidine rings is 1. The lowest BCUT2D eigenvalue weighted by molar-refractivity contribution is -0.134. The lowest BCUT2D eigenvalue weighted by Gasteiger charge is -2.40. The molecule has 0 spiro atoms. The molecule has 5 nitrogen and oxygen atoms in total. The molecule has 2 aliphatic heterocycles. The molecule has 0 radical (unpaired) electrons. The van der Waals surface area contributed by atoms with Crippen LogP contribution in [-0.4, -0.2) is 79.0 Å². The van der Waals surface area contributed by atoms with Crippen LogP contribution in [-0.2, 0) is 4.79 Å². The van der Waals surface area contributed by atoms with E-state index < -0.39 is 0 Å². The first-order valence-corrected chi connectivity index (χ1v) is 8.58. The van der Waals surface area contributed by atoms with Gasteiger partial charge in [0.05, 0.1) is 6.04 Å². The van der Waals surface area contributed by atoms with Gasteiger partial charge in [-0.15, -0.1) is 0 Å². The number of nitrogens with zero attached hydrogens (tertiary/aromatic N) is 3. The third-order valence-corrected chi connectivity index (χ3v) is 4.99. The Balaban J connectivity index is 1.74. The largest absolute Gasteiger partial charge is 0.339 e. The van der Waals surface area contributed by atoms with Crippen LogP contribution in [0.2, 0.25) is 0 Å². The summed E-state index contributed by atoms with van der Waals surface area (Å²) in [4.78, 5) is 19.2. The lowest BCUT2D eigenvalue weighted by atomic mass is 10.0. The molecule has 0 aromatic carbocycles. The number of carbonyl (C=O) groups excluding carboxylic acids is 1. The molecule has 2 aliphatic rings. The van der Waals surface area contributed by atoms with E-state index in [0.717, 1.165) is 45.6 Å². The van der Waals surface area contributed by atoms with Gasteiger partial charge in [0.2, 0.25) is 5.91 Å². The second-order valence-corrected chi connectivity index (χ2v) is 6.65. The molecule has 2 atom stereocenters. The number of hydrogen-bond acceptors (Lipinski definition) is 4. The minimum Gasteiger partial charge on any atom is -0.339 e. The summed E-state index contributed by atoms with van der Waals surface area (Å²) in [6.07, 6.45) is 5.79. The highest BCUT2D eigenvalue weighted by Crippen LogP contribution is 2.17. The Kier molecular flexibility index (Phi) is 6.45. The first-order chi connectivity index (χ1) is 10.1. The van der Waals surface area contributed by atoms with E-state index in [4.69, 9.17) is 5.73 Å². The Morgan fingerprint density at radius 1 is 1.19 bits per heavy atom. The zero-order chi connectivity index (χ0) is 15.2. The van der Waals surface area contributed by atoms with Gasteiger partial charge in [-0.3, -0.25) is 9.69 Å². The zero-order valence-electron chi connectivity index (χ0n) is 13.8. The highest BCUT2D eigenvalue weighted by atomic mass is 16.2. The van der Waals surface area contributed by atoms with Crippen LogP contribution in [0.5, 0.6) is 0 Å². The summed E-state index contributed by atoms with van der Waals surface area (Å²) < 4.78 is 0. The third-order valence-electron chi connectivity index (χ3n) is 4.99. The van der Waals surface area contributed by atoms with Gasteiger partial charge in [-0.1, -0.05) is 19.8 Å². The van der Waals surface area contributed by atoms with Gasteiger partial charge in [0.15, 0.2) is 0 Å². The highest BCUT2D eigenvalue weighted by Gasteiger charge is 2.27. The van der Waals surface area contributed by atoms with Gasteiger partial charge in [-0.25, -0.2) is 0 Å². The van der Waals surface area contributed by atoms with Crippen molar-refractivity contribution in [1.29, 1.82) is 0 Å². The summed E-state index contributed by atoms with van der Waals surface area (Å²) in [5.41, 5.74) is 5.95. The zero-order valence-corrected chi connectivity index (χ0v) is 13.8. The predicted octanol–water partition coefficient (Wildman–Crippen LogP) is 0.742. The van der Waals surface area contributed by atoms with Crippen LogP contribution < -0.4 is 5.73 Å². The lowest BCUT2D eigenvalue weighted by Crippen LogP contribution is -2.55. The van der Waals surface area contributed by atoms with E-state index in [-0.39, 0.29) is 11.9 Å². The molecule has 2 rings (SSSR count). The molecule has 5 heteroatoms. The van der Waals surface area contributed by atoms with Crippen LogP contribution in [0.3, 0.4) is 0 Å². The molecule has 0 saturated carbocycles. The SMILES string of the molecule is CCCC(N)C(=O)N1CCN(CC2CCCCN2C)CC1. The number of likely N-dealkylation sites (N-methyl/N-ethyl adjacent to an activating group) is 1. The summed E-state index contributed by atoms with van der Waals surface area (Å²) in [5.74, 6) is 0.145. The normalized spacial score (nSPS) is 26.8. The van der Waals surface area contributed by atoms with Gasteiger partial charge in [0.25, 0.3) is 0 Å². The average molecular weight is 296 g/mol. The van der Waals surface area contributed by atoms with Crippen LogP contribution in [0.15, 0.2) is 0 Å². The van der Waals surface area contributed by atoms with Gasteiger partial charge in [-0.2, -0.15) is 0 Å². The van der Waals surface area contributed by atoms with Crippen LogP contribution in [0.25, 0.3) is 0 Å². The van der Waals surface area contributed by atoms with E-state index >= 15 is 0 Å². The molecule has 2 unspecified atom stereocenters. The molecule has 2 heterocycles. The van der Waals surface area contributed by atoms with E-state index in [1.165, 1.54) is 25.8 Å². The minimum atomic E-state index is -0.300. The van der Waals surface area contributed by atoms with Crippen molar-refractivity contribution in [2.24, 2.45) is 5.73 Å². The van der Waals surface area contributed by atoms with Crippen LogP contribution in [0.1, 0.15) is 39.0 Å². The Morgan fingerprint density at radius 3 is 2.52 bits per heavy atom. The predicted molar refractivity (Wildman–Crippen MR) is 86.2 cm³/mol. The maximum atomic E-state index is 12.2. The fraction of sp³-hybridized carbons (Fsp3) is 0.938. The van der Waals surface area contributed by atoms with Crippen molar-refractivity contribution in [2.75, 3.05) is 46.3 Å². The first-order valence-electron chi connectivity index (χ1n) is 8.58. The fourth-order valence-corrected chi connectivity index (χ4v) is 3.49. The van der Waals surface area contributed by atoms with Gasteiger partial charge >= 0.3 is 0 Å². The van der Waals surface area contributed by atoms with E-state index in [9.17, 15) is 4.79 Å². The molecule has 0 bridgehead atoms. The summed E-state index contributed by atoms with van der Waals surface area (Å²) in [5, 5.41) is 0. The van der Waals surface area contributed by atoms with E-state index in [0.29, 0.717) is 6.04 Å². The topological polar surface area (TPSA) is 52.8 Å². The number of hydrogen-bond donors (Lipinski definition) is 1. The van der Waals surface area contributed by atoms with Gasteiger partial charge < -0.3 is 15.5 Å². The molecular weight excluding hydrogens is 264 g/mol. The molecule has 2 N–H and O–H groups in total. The fourth-order valence-electron chi connectivity index (χ4n) is 3.49. The molecule has 2 saturated heterocycles. The van der Waals surface area contributed by atoms with Crippen molar-refractivity contribution in [3.8, 4) is 0 Å². The number of piperazine rings is 1. The van der Waals surface area contributed by atoms with Crippen molar-refractivity contribution in [1.82, 2.24) is 14.7 Å². The Bertz CT molecular complexity index is 328. The Hall–Kier alpha value is -0.650. The monoisotopic (exact) mass is 296 g/mol. The number of nitrogens with two attached hydrogens (primary N) is 1. The molecule has 21 heavy (non-hydrogen) atoms. The average Bonchev–Trinajstić information content (AvgIpc) is 2.50. The van der Waals surface area contributed by atoms with Gasteiger partial charge in [-0.05, 0) is 32.9 Å². The second kappa shape index (κ2) is 8.11. The van der Waals surface area contributed by atoms with Crippen LogP contribution >= 0.6 is 0 Å². The summed E-state index contributed by atoms with van der Waals surface area (Å²) >= 11 is 0. The molecule has 0 aromatic rings. The minimum absolute atomic E-state index is 0.145. The van der Waals surface area contributed by atoms with Gasteiger partial charge in [0.1, 0.15) is 0 Å². The first kappa shape index (κ1) is 16.7. The van der Waals surface area contributed by atoms with Crippen molar-refractivity contribution < 1.29 is 4.79 Å². The Morgan fingerprint density at radius 2 is 1.90 bits per heavy atom. The summed E-state index contributed by atoms with van der Waals surface area (Å²) in [7, 11) is 2.24. The maximum Gasteiger partial charge on any atom is 0.239 e. The number of likely N-dealkylation sites (tertiary alicyclic amines) is 1. The molecule has 2 fully saturated rings. The second-order valence-electron chi connectivity index (χ2n) is 6.65. The standard InChI is InChI=1S/C16H32N4O/c1-3-6-15(17)16(21)20-11-9-19(10-12-20)13-14-7-4-5-8-18(14)2/h14-15H,3-13,17H2,1-2H3. The van der Waals surface area contributed by atoms with Gasteiger partial charge in [0, 0.05) is 38.8 Å². The summed E-state index contributed by atoms with van der Waals surface area (Å²) in [6, 6.07) is 0.398. The van der Waals surface area contributed by atoms with Crippen LogP contribution in [0.4, 0.5) is 0 Å². The van der Waals surface area contributed by atoms with Crippen molar-refractivity contribution in [3.05, 3.63) is 0 Å². The molecule has 0 aliphatic carbocycles. The molecular formula is C16H32N4O. The van der Waals surface area contributed by atoms with Crippen molar-refractivity contribution >= 4 is 5.91 Å². The molecule has 122 valence electrons. The number of carbonyl (C=O) groups is 1. The van der Waals surface area contributed by atoms with Crippen molar-refractivity contribution in [3.63, 3.8) is 0 Å². The molecule has 0 aromatic heterocycles. The summed E-state index contributed by atoms with van der Waals surface area (Å²) in [6.45, 7) is 8.13. The van der Waals surface area contributed by atoms with E-state index in [1.807, 2.05) is 4.90 Å². The smallest absolute Gasteiger partial charge is 0.239 e. The number of amides is 1.